The molecular weight excluding hydrogens is 424 g/mol. The third-order valence-electron chi connectivity index (χ3n) is 3.80. The van der Waals surface area contributed by atoms with Crippen LogP contribution in [0.2, 0.25) is 5.02 Å². The summed E-state index contributed by atoms with van der Waals surface area (Å²) >= 11 is 9.63. The van der Waals surface area contributed by atoms with Gasteiger partial charge in [0.25, 0.3) is 0 Å². The predicted molar refractivity (Wildman–Crippen MR) is 105 cm³/mol. The van der Waals surface area contributed by atoms with Gasteiger partial charge in [0, 0.05) is 36.3 Å². The van der Waals surface area contributed by atoms with Crippen molar-refractivity contribution in [1.29, 1.82) is 0 Å². The molecule has 0 aliphatic carbocycles. The van der Waals surface area contributed by atoms with Crippen molar-refractivity contribution in [1.82, 2.24) is 4.90 Å². The Bertz CT molecular complexity index is 683. The van der Waals surface area contributed by atoms with Crippen LogP contribution in [0.3, 0.4) is 0 Å². The molecular formula is C18H24BrClN2O4. The lowest BCUT2D eigenvalue weighted by Gasteiger charge is -2.37. The second-order valence-corrected chi connectivity index (χ2v) is 8.20. The Balaban J connectivity index is 2.09. The topological polar surface area (TPSA) is 59.1 Å². The van der Waals surface area contributed by atoms with E-state index in [1.807, 2.05) is 26.8 Å². The second kappa shape index (κ2) is 8.48. The van der Waals surface area contributed by atoms with Crippen LogP contribution >= 0.6 is 27.5 Å². The van der Waals surface area contributed by atoms with Gasteiger partial charge in [-0.15, -0.1) is 0 Å². The molecule has 0 atom stereocenters. The SMILES string of the molecule is CCOC(=O)c1cc(N2CCN(C(=O)OC(C)(C)C)CC2)cc(Br)c1Cl. The van der Waals surface area contributed by atoms with E-state index in [9.17, 15) is 9.59 Å². The van der Waals surface area contributed by atoms with E-state index in [1.54, 1.807) is 17.9 Å². The van der Waals surface area contributed by atoms with Gasteiger partial charge in [-0.1, -0.05) is 11.6 Å². The van der Waals surface area contributed by atoms with Crippen LogP contribution in [0.1, 0.15) is 38.1 Å². The minimum Gasteiger partial charge on any atom is -0.462 e. The van der Waals surface area contributed by atoms with Gasteiger partial charge in [-0.2, -0.15) is 0 Å². The van der Waals surface area contributed by atoms with Crippen LogP contribution in [0.5, 0.6) is 0 Å². The number of carbonyl (C=O) groups is 2. The van der Waals surface area contributed by atoms with Gasteiger partial charge < -0.3 is 19.3 Å². The van der Waals surface area contributed by atoms with Crippen molar-refractivity contribution in [2.24, 2.45) is 0 Å². The van der Waals surface area contributed by atoms with E-state index in [4.69, 9.17) is 21.1 Å². The first-order valence-electron chi connectivity index (χ1n) is 8.51. The molecule has 1 aromatic carbocycles. The molecule has 1 aliphatic heterocycles. The number of ether oxygens (including phenoxy) is 2. The van der Waals surface area contributed by atoms with E-state index in [-0.39, 0.29) is 12.7 Å². The lowest BCUT2D eigenvalue weighted by atomic mass is 10.1. The van der Waals surface area contributed by atoms with E-state index >= 15 is 0 Å². The summed E-state index contributed by atoms with van der Waals surface area (Å²) in [6, 6.07) is 3.60. The molecule has 0 unspecified atom stereocenters. The zero-order valence-corrected chi connectivity index (χ0v) is 17.8. The Morgan fingerprint density at radius 2 is 1.81 bits per heavy atom. The lowest BCUT2D eigenvalue weighted by molar-refractivity contribution is 0.0240. The number of hydrogen-bond acceptors (Lipinski definition) is 5. The number of rotatable bonds is 3. The van der Waals surface area contributed by atoms with Crippen molar-refractivity contribution >= 4 is 45.3 Å². The predicted octanol–water partition coefficient (Wildman–Crippen LogP) is 4.34. The average Bonchev–Trinajstić information content (AvgIpc) is 2.56. The molecule has 1 heterocycles. The number of amides is 1. The van der Waals surface area contributed by atoms with Gasteiger partial charge >= 0.3 is 12.1 Å². The highest BCUT2D eigenvalue weighted by Crippen LogP contribution is 2.33. The van der Waals surface area contributed by atoms with E-state index < -0.39 is 11.6 Å². The van der Waals surface area contributed by atoms with Gasteiger partial charge in [-0.3, -0.25) is 0 Å². The summed E-state index contributed by atoms with van der Waals surface area (Å²) in [5.74, 6) is -0.451. The summed E-state index contributed by atoms with van der Waals surface area (Å²) in [7, 11) is 0. The van der Waals surface area contributed by atoms with E-state index in [1.165, 1.54) is 0 Å². The largest absolute Gasteiger partial charge is 0.462 e. The zero-order valence-electron chi connectivity index (χ0n) is 15.5. The number of hydrogen-bond donors (Lipinski definition) is 0. The van der Waals surface area contributed by atoms with Crippen molar-refractivity contribution in [3.8, 4) is 0 Å². The van der Waals surface area contributed by atoms with Crippen molar-refractivity contribution < 1.29 is 19.1 Å². The summed E-state index contributed by atoms with van der Waals surface area (Å²) in [5, 5.41) is 0.333. The average molecular weight is 448 g/mol. The Kier molecular flexibility index (Phi) is 6.80. The van der Waals surface area contributed by atoms with Gasteiger partial charge in [0.05, 0.1) is 17.2 Å². The quantitative estimate of drug-likeness (QED) is 0.645. The van der Waals surface area contributed by atoms with Crippen molar-refractivity contribution in [3.05, 3.63) is 27.2 Å². The molecule has 1 fully saturated rings. The normalized spacial score (nSPS) is 15.0. The van der Waals surface area contributed by atoms with Crippen LogP contribution in [-0.2, 0) is 9.47 Å². The zero-order chi connectivity index (χ0) is 19.5. The van der Waals surface area contributed by atoms with Crippen LogP contribution in [0.25, 0.3) is 0 Å². The number of piperazine rings is 1. The van der Waals surface area contributed by atoms with Crippen LogP contribution in [-0.4, -0.2) is 55.3 Å². The standard InChI is InChI=1S/C18H24BrClN2O4/c1-5-25-16(23)13-10-12(11-14(19)15(13)20)21-6-8-22(9-7-21)17(24)26-18(2,3)4/h10-11H,5-9H2,1-4H3. The summed E-state index contributed by atoms with van der Waals surface area (Å²) < 4.78 is 11.1. The number of benzene rings is 1. The van der Waals surface area contributed by atoms with Gasteiger partial charge in [-0.05, 0) is 55.8 Å². The second-order valence-electron chi connectivity index (χ2n) is 6.96. The molecule has 1 aliphatic rings. The molecule has 8 heteroatoms. The fourth-order valence-corrected chi connectivity index (χ4v) is 3.22. The molecule has 0 saturated carbocycles. The number of halogens is 2. The number of nitrogens with zero attached hydrogens (tertiary/aromatic N) is 2. The Morgan fingerprint density at radius 1 is 1.19 bits per heavy atom. The third-order valence-corrected chi connectivity index (χ3v) is 5.07. The van der Waals surface area contributed by atoms with Gasteiger partial charge in [0.15, 0.2) is 0 Å². The molecule has 0 aromatic heterocycles. The van der Waals surface area contributed by atoms with Crippen LogP contribution in [0.15, 0.2) is 16.6 Å². The highest BCUT2D eigenvalue weighted by atomic mass is 79.9. The van der Waals surface area contributed by atoms with E-state index in [0.29, 0.717) is 41.2 Å². The van der Waals surface area contributed by atoms with Crippen molar-refractivity contribution in [2.45, 2.75) is 33.3 Å². The maximum absolute atomic E-state index is 12.2. The first-order valence-corrected chi connectivity index (χ1v) is 9.68. The fraction of sp³-hybridized carbons (Fsp3) is 0.556. The molecule has 26 heavy (non-hydrogen) atoms. The molecule has 1 aromatic rings. The molecule has 1 amide bonds. The number of carbonyl (C=O) groups excluding carboxylic acids is 2. The molecule has 0 N–H and O–H groups in total. The Hall–Kier alpha value is -1.47. The van der Waals surface area contributed by atoms with E-state index in [2.05, 4.69) is 20.8 Å². The molecule has 1 saturated heterocycles. The van der Waals surface area contributed by atoms with Gasteiger partial charge in [-0.25, -0.2) is 9.59 Å². The smallest absolute Gasteiger partial charge is 0.410 e. The summed E-state index contributed by atoms with van der Waals surface area (Å²) in [5.41, 5.74) is 0.671. The maximum atomic E-state index is 12.2. The number of esters is 1. The first kappa shape index (κ1) is 20.8. The fourth-order valence-electron chi connectivity index (χ4n) is 2.59. The molecule has 2 rings (SSSR count). The highest BCUT2D eigenvalue weighted by Gasteiger charge is 2.27. The van der Waals surface area contributed by atoms with Crippen LogP contribution in [0, 0.1) is 0 Å². The van der Waals surface area contributed by atoms with E-state index in [0.717, 1.165) is 5.69 Å². The van der Waals surface area contributed by atoms with Crippen molar-refractivity contribution in [2.75, 3.05) is 37.7 Å². The third kappa shape index (κ3) is 5.27. The maximum Gasteiger partial charge on any atom is 0.410 e. The van der Waals surface area contributed by atoms with Crippen molar-refractivity contribution in [3.63, 3.8) is 0 Å². The molecule has 0 radical (unpaired) electrons. The molecule has 144 valence electrons. The van der Waals surface area contributed by atoms with Gasteiger partial charge in [0.2, 0.25) is 0 Å². The van der Waals surface area contributed by atoms with Gasteiger partial charge in [0.1, 0.15) is 5.60 Å². The Morgan fingerprint density at radius 3 is 2.35 bits per heavy atom. The minimum absolute atomic E-state index is 0.283. The summed E-state index contributed by atoms with van der Waals surface area (Å²) in [4.78, 5) is 28.1. The molecule has 0 bridgehead atoms. The highest BCUT2D eigenvalue weighted by molar-refractivity contribution is 9.10. The monoisotopic (exact) mass is 446 g/mol. The summed E-state index contributed by atoms with van der Waals surface area (Å²) in [6.45, 7) is 9.95. The molecule has 0 spiro atoms. The first-order chi connectivity index (χ1) is 12.1. The minimum atomic E-state index is -0.510. The number of anilines is 1. The van der Waals surface area contributed by atoms with Crippen LogP contribution in [0.4, 0.5) is 10.5 Å². The van der Waals surface area contributed by atoms with Crippen LogP contribution < -0.4 is 4.90 Å². The Labute approximate surface area is 167 Å². The summed E-state index contributed by atoms with van der Waals surface area (Å²) in [6.07, 6.45) is -0.304. The molecule has 6 nitrogen and oxygen atoms in total. The lowest BCUT2D eigenvalue weighted by Crippen LogP contribution is -2.50.